The number of urea groups is 1. The largest absolute Gasteiger partial charge is 0.491 e. The van der Waals surface area contributed by atoms with Gasteiger partial charge < -0.3 is 20.1 Å². The molecule has 23 heavy (non-hydrogen) atoms. The topological polar surface area (TPSA) is 61.8 Å². The number of hydrogen-bond donors (Lipinski definition) is 2. The van der Waals surface area contributed by atoms with Crippen LogP contribution < -0.4 is 10.1 Å². The van der Waals surface area contributed by atoms with Crippen LogP contribution in [-0.2, 0) is 0 Å². The maximum absolute atomic E-state index is 12.1. The molecule has 5 nitrogen and oxygen atoms in total. The van der Waals surface area contributed by atoms with Crippen molar-refractivity contribution in [2.45, 2.75) is 32.6 Å². The minimum absolute atomic E-state index is 0.0658. The molecule has 128 valence electrons. The Kier molecular flexibility index (Phi) is 6.71. The number of likely N-dealkylation sites (tertiary alicyclic amines) is 1. The maximum Gasteiger partial charge on any atom is 0.317 e. The zero-order chi connectivity index (χ0) is 16.7. The number of nitrogens with one attached hydrogen (secondary N) is 1. The van der Waals surface area contributed by atoms with Crippen molar-refractivity contribution in [3.05, 3.63) is 29.8 Å². The first kappa shape index (κ1) is 17.6. The minimum atomic E-state index is -0.0658. The molecular formula is C18H28N2O3. The Morgan fingerprint density at radius 3 is 2.96 bits per heavy atom. The van der Waals surface area contributed by atoms with E-state index in [2.05, 4.69) is 25.2 Å². The van der Waals surface area contributed by atoms with Crippen LogP contribution in [0.2, 0.25) is 0 Å². The van der Waals surface area contributed by atoms with Crippen molar-refractivity contribution in [3.8, 4) is 5.75 Å². The monoisotopic (exact) mass is 320 g/mol. The molecule has 1 atom stereocenters. The Morgan fingerprint density at radius 2 is 2.22 bits per heavy atom. The lowest BCUT2D eigenvalue weighted by atomic mass is 9.99. The number of ether oxygens (including phenoxy) is 1. The summed E-state index contributed by atoms with van der Waals surface area (Å²) < 4.78 is 5.81. The van der Waals surface area contributed by atoms with Crippen molar-refractivity contribution in [2.24, 2.45) is 5.92 Å². The van der Waals surface area contributed by atoms with E-state index >= 15 is 0 Å². The summed E-state index contributed by atoms with van der Waals surface area (Å²) in [7, 11) is 0. The number of nitrogens with zero attached hydrogens (tertiary/aromatic N) is 1. The molecule has 1 saturated heterocycles. The number of para-hydroxylation sites is 1. The summed E-state index contributed by atoms with van der Waals surface area (Å²) in [6.07, 6.45) is 1.95. The first-order chi connectivity index (χ1) is 11.1. The molecule has 2 amide bonds. The highest BCUT2D eigenvalue weighted by atomic mass is 16.5. The molecule has 1 aliphatic heterocycles. The van der Waals surface area contributed by atoms with Crippen LogP contribution in [0.4, 0.5) is 4.79 Å². The summed E-state index contributed by atoms with van der Waals surface area (Å²) in [6.45, 7) is 6.76. The molecule has 0 saturated carbocycles. The second-order valence-corrected chi connectivity index (χ2v) is 6.41. The van der Waals surface area contributed by atoms with Gasteiger partial charge in [-0.25, -0.2) is 4.79 Å². The van der Waals surface area contributed by atoms with Crippen LogP contribution >= 0.6 is 0 Å². The number of benzene rings is 1. The molecule has 1 fully saturated rings. The number of carbonyl (C=O) groups excluding carboxylic acids is 1. The highest BCUT2D eigenvalue weighted by molar-refractivity contribution is 5.74. The molecule has 0 aromatic heterocycles. The van der Waals surface area contributed by atoms with Gasteiger partial charge in [0.2, 0.25) is 0 Å². The Labute approximate surface area is 138 Å². The van der Waals surface area contributed by atoms with Crippen molar-refractivity contribution in [1.29, 1.82) is 0 Å². The number of amides is 2. The van der Waals surface area contributed by atoms with E-state index in [0.29, 0.717) is 25.6 Å². The van der Waals surface area contributed by atoms with E-state index in [1.165, 1.54) is 5.56 Å². The molecule has 2 N–H and O–H groups in total. The molecule has 1 aromatic carbocycles. The van der Waals surface area contributed by atoms with Gasteiger partial charge in [0.1, 0.15) is 12.4 Å². The summed E-state index contributed by atoms with van der Waals surface area (Å²) in [4.78, 5) is 13.9. The fourth-order valence-electron chi connectivity index (χ4n) is 2.92. The Morgan fingerprint density at radius 1 is 1.43 bits per heavy atom. The fraction of sp³-hybridized carbons (Fsp3) is 0.611. The molecule has 5 heteroatoms. The van der Waals surface area contributed by atoms with E-state index in [-0.39, 0.29) is 18.6 Å². The lowest BCUT2D eigenvalue weighted by Crippen LogP contribution is -2.47. The Hall–Kier alpha value is -1.75. The number of hydrogen-bond acceptors (Lipinski definition) is 3. The average Bonchev–Trinajstić information content (AvgIpc) is 2.58. The van der Waals surface area contributed by atoms with Crippen LogP contribution in [0, 0.1) is 5.92 Å². The van der Waals surface area contributed by atoms with E-state index in [9.17, 15) is 9.90 Å². The first-order valence-corrected chi connectivity index (χ1v) is 8.47. The maximum atomic E-state index is 12.1. The molecular weight excluding hydrogens is 292 g/mol. The Bertz CT molecular complexity index is 505. The van der Waals surface area contributed by atoms with E-state index in [1.807, 2.05) is 18.2 Å². The number of aliphatic hydroxyl groups excluding tert-OH is 1. The number of carbonyl (C=O) groups is 1. The van der Waals surface area contributed by atoms with E-state index < -0.39 is 0 Å². The second-order valence-electron chi connectivity index (χ2n) is 6.41. The van der Waals surface area contributed by atoms with Crippen molar-refractivity contribution >= 4 is 6.03 Å². The highest BCUT2D eigenvalue weighted by Crippen LogP contribution is 2.25. The van der Waals surface area contributed by atoms with Gasteiger partial charge in [-0.15, -0.1) is 0 Å². The number of piperidine rings is 1. The van der Waals surface area contributed by atoms with Crippen molar-refractivity contribution in [3.63, 3.8) is 0 Å². The van der Waals surface area contributed by atoms with Gasteiger partial charge in [0, 0.05) is 19.7 Å². The molecule has 1 aliphatic rings. The van der Waals surface area contributed by atoms with Gasteiger partial charge in [0.15, 0.2) is 0 Å². The Balaban J connectivity index is 1.74. The van der Waals surface area contributed by atoms with E-state index in [0.717, 1.165) is 25.1 Å². The predicted molar refractivity (Wildman–Crippen MR) is 90.8 cm³/mol. The molecule has 1 aromatic rings. The predicted octanol–water partition coefficient (Wildman–Crippen LogP) is 2.60. The quantitative estimate of drug-likeness (QED) is 0.792. The van der Waals surface area contributed by atoms with Gasteiger partial charge in [-0.1, -0.05) is 32.0 Å². The fourth-order valence-corrected chi connectivity index (χ4v) is 2.92. The van der Waals surface area contributed by atoms with Gasteiger partial charge in [-0.3, -0.25) is 0 Å². The van der Waals surface area contributed by atoms with E-state index in [4.69, 9.17) is 4.74 Å². The molecule has 0 spiro atoms. The number of aliphatic hydroxyl groups is 1. The van der Waals surface area contributed by atoms with E-state index in [1.54, 1.807) is 4.90 Å². The van der Waals surface area contributed by atoms with Crippen LogP contribution in [0.1, 0.15) is 38.2 Å². The normalized spacial score (nSPS) is 18.1. The zero-order valence-electron chi connectivity index (χ0n) is 14.1. The minimum Gasteiger partial charge on any atom is -0.491 e. The van der Waals surface area contributed by atoms with Crippen LogP contribution in [-0.4, -0.2) is 48.9 Å². The molecule has 2 rings (SSSR count). The van der Waals surface area contributed by atoms with Gasteiger partial charge in [0.25, 0.3) is 0 Å². The molecule has 0 aliphatic carbocycles. The third-order valence-corrected chi connectivity index (χ3v) is 4.24. The average molecular weight is 320 g/mol. The lowest BCUT2D eigenvalue weighted by molar-refractivity contribution is 0.129. The third-order valence-electron chi connectivity index (χ3n) is 4.24. The molecule has 0 radical (unpaired) electrons. The van der Waals surface area contributed by atoms with Crippen molar-refractivity contribution in [1.82, 2.24) is 10.2 Å². The van der Waals surface area contributed by atoms with Crippen LogP contribution in [0.25, 0.3) is 0 Å². The van der Waals surface area contributed by atoms with Gasteiger partial charge in [0.05, 0.1) is 6.54 Å². The molecule has 0 bridgehead atoms. The lowest BCUT2D eigenvalue weighted by Gasteiger charge is -2.31. The molecule has 1 unspecified atom stereocenters. The summed E-state index contributed by atoms with van der Waals surface area (Å²) in [5, 5.41) is 12.1. The van der Waals surface area contributed by atoms with Crippen molar-refractivity contribution < 1.29 is 14.6 Å². The second kappa shape index (κ2) is 8.77. The zero-order valence-corrected chi connectivity index (χ0v) is 14.1. The summed E-state index contributed by atoms with van der Waals surface area (Å²) >= 11 is 0. The van der Waals surface area contributed by atoms with Gasteiger partial charge in [-0.05, 0) is 36.3 Å². The van der Waals surface area contributed by atoms with Gasteiger partial charge >= 0.3 is 6.03 Å². The summed E-state index contributed by atoms with van der Waals surface area (Å²) in [6, 6.07) is 7.94. The smallest absolute Gasteiger partial charge is 0.317 e. The SMILES string of the molecule is CC(C)c1ccccc1OCCNC(=O)N1CCCC(CO)C1. The third kappa shape index (κ3) is 5.13. The highest BCUT2D eigenvalue weighted by Gasteiger charge is 2.22. The molecule has 1 heterocycles. The first-order valence-electron chi connectivity index (χ1n) is 8.47. The van der Waals surface area contributed by atoms with Crippen molar-refractivity contribution in [2.75, 3.05) is 32.8 Å². The summed E-state index contributed by atoms with van der Waals surface area (Å²) in [5.74, 6) is 1.50. The van der Waals surface area contributed by atoms with Crippen LogP contribution in [0.5, 0.6) is 5.75 Å². The van der Waals surface area contributed by atoms with Crippen LogP contribution in [0.3, 0.4) is 0 Å². The van der Waals surface area contributed by atoms with Gasteiger partial charge in [-0.2, -0.15) is 0 Å². The standard InChI is InChI=1S/C18H28N2O3/c1-14(2)16-7-3-4-8-17(16)23-11-9-19-18(22)20-10-5-6-15(12-20)13-21/h3-4,7-8,14-15,21H,5-6,9-13H2,1-2H3,(H,19,22). The number of rotatable bonds is 6. The summed E-state index contributed by atoms with van der Waals surface area (Å²) in [5.41, 5.74) is 1.18. The van der Waals surface area contributed by atoms with Crippen LogP contribution in [0.15, 0.2) is 24.3 Å².